The first-order valence-electron chi connectivity index (χ1n) is 2.87. The predicted octanol–water partition coefficient (Wildman–Crippen LogP) is 1.26. The molecule has 0 aliphatic heterocycles. The highest BCUT2D eigenvalue weighted by molar-refractivity contribution is 4.63. The van der Waals surface area contributed by atoms with Gasteiger partial charge in [0.25, 0.3) is 0 Å². The largest absolute Gasteiger partial charge is 0.233 e. The Kier molecular flexibility index (Phi) is 3.02. The van der Waals surface area contributed by atoms with Crippen molar-refractivity contribution in [2.24, 2.45) is 5.92 Å². The molecule has 0 amide bonds. The Morgan fingerprint density at radius 2 is 1.12 bits per heavy atom. The van der Waals surface area contributed by atoms with E-state index >= 15 is 0 Å². The van der Waals surface area contributed by atoms with E-state index in [1.54, 1.807) is 6.92 Å². The minimum atomic E-state index is -0.720. The summed E-state index contributed by atoms with van der Waals surface area (Å²) in [6.45, 7) is 4.74. The maximum Gasteiger partial charge on any atom is 0.0953 e. The van der Waals surface area contributed by atoms with Gasteiger partial charge in [-0.1, -0.05) is 6.92 Å². The van der Waals surface area contributed by atoms with Crippen molar-refractivity contribution in [1.29, 1.82) is 0 Å². The molecule has 0 saturated heterocycles. The fourth-order valence-corrected chi connectivity index (χ4v) is 0.382. The molecule has 0 aliphatic carbocycles. The van der Waals surface area contributed by atoms with E-state index in [0.29, 0.717) is 0 Å². The average Bonchev–Trinajstić information content (AvgIpc) is 1.64. The van der Waals surface area contributed by atoms with Gasteiger partial charge in [0, 0.05) is 5.92 Å². The molecule has 0 N–H and O–H groups in total. The lowest BCUT2D eigenvalue weighted by molar-refractivity contribution is -0.0278. The minimum absolute atomic E-state index is 0.241. The minimum Gasteiger partial charge on any atom is -0.233 e. The van der Waals surface area contributed by atoms with Crippen LogP contribution in [-0.2, 0) is 10.2 Å². The molecule has 48 valence electrons. The lowest BCUT2D eigenvalue weighted by atomic mass is 10.0. The van der Waals surface area contributed by atoms with E-state index in [2.05, 4.69) is 0 Å². The molecule has 2 unspecified atom stereocenters. The summed E-state index contributed by atoms with van der Waals surface area (Å²) < 4.78 is 0. The monoisotopic (exact) mass is 116 g/mol. The Hall–Kier alpha value is -0.0800. The molecule has 0 aromatic carbocycles. The van der Waals surface area contributed by atoms with Crippen LogP contribution in [0.15, 0.2) is 0 Å². The van der Waals surface area contributed by atoms with Gasteiger partial charge in [0.15, 0.2) is 0 Å². The number of hydrogen-bond acceptors (Lipinski definition) is 0. The van der Waals surface area contributed by atoms with Crippen molar-refractivity contribution >= 4 is 0 Å². The molecule has 2 nitrogen and oxygen atoms in total. The first kappa shape index (κ1) is 7.92. The third-order valence-corrected chi connectivity index (χ3v) is 1.48. The van der Waals surface area contributed by atoms with Gasteiger partial charge in [0.05, 0.1) is 12.2 Å². The van der Waals surface area contributed by atoms with Crippen LogP contribution in [0.2, 0.25) is 0 Å². The summed E-state index contributed by atoms with van der Waals surface area (Å²) in [5.41, 5.74) is 0. The molecule has 0 aromatic heterocycles. The van der Waals surface area contributed by atoms with Crippen LogP contribution in [0.1, 0.15) is 20.8 Å². The highest BCUT2D eigenvalue weighted by atomic mass is 16.3. The SMILES string of the molecule is CC([O])C(C)C(C)[O]. The smallest absolute Gasteiger partial charge is 0.0953 e. The molecule has 2 atom stereocenters. The van der Waals surface area contributed by atoms with Gasteiger partial charge in [-0.25, -0.2) is 10.2 Å². The van der Waals surface area contributed by atoms with Crippen molar-refractivity contribution in [2.75, 3.05) is 0 Å². The molecule has 0 aromatic rings. The second-order valence-corrected chi connectivity index (χ2v) is 2.27. The molecule has 0 bridgehead atoms. The Morgan fingerprint density at radius 1 is 0.875 bits per heavy atom. The van der Waals surface area contributed by atoms with Crippen LogP contribution in [0, 0.1) is 5.92 Å². The second-order valence-electron chi connectivity index (χ2n) is 2.27. The maximum absolute atomic E-state index is 10.5. The molecule has 0 heterocycles. The number of rotatable bonds is 2. The van der Waals surface area contributed by atoms with Crippen LogP contribution >= 0.6 is 0 Å². The summed E-state index contributed by atoms with van der Waals surface area (Å²) in [5.74, 6) is -0.241. The standard InChI is InChI=1S/C6H12O2/c1-4(5(2)7)6(3)8/h4-6H,1-3H3. The molecule has 0 saturated carbocycles. The summed E-state index contributed by atoms with van der Waals surface area (Å²) in [4.78, 5) is 0. The first-order chi connectivity index (χ1) is 3.55. The van der Waals surface area contributed by atoms with E-state index in [9.17, 15) is 10.2 Å². The molecular weight excluding hydrogens is 104 g/mol. The highest BCUT2D eigenvalue weighted by Gasteiger charge is 2.16. The van der Waals surface area contributed by atoms with Gasteiger partial charge in [0.2, 0.25) is 0 Å². The summed E-state index contributed by atoms with van der Waals surface area (Å²) >= 11 is 0. The van der Waals surface area contributed by atoms with E-state index in [1.165, 1.54) is 13.8 Å². The topological polar surface area (TPSA) is 39.8 Å². The van der Waals surface area contributed by atoms with Gasteiger partial charge in [-0.15, -0.1) is 0 Å². The van der Waals surface area contributed by atoms with Crippen molar-refractivity contribution < 1.29 is 10.2 Å². The molecule has 0 fully saturated rings. The van der Waals surface area contributed by atoms with Gasteiger partial charge < -0.3 is 0 Å². The van der Waals surface area contributed by atoms with E-state index in [-0.39, 0.29) is 5.92 Å². The van der Waals surface area contributed by atoms with Gasteiger partial charge in [-0.3, -0.25) is 0 Å². The molecule has 0 aliphatic rings. The van der Waals surface area contributed by atoms with Crippen molar-refractivity contribution in [3.8, 4) is 0 Å². The molecule has 8 heavy (non-hydrogen) atoms. The summed E-state index contributed by atoms with van der Waals surface area (Å²) in [6.07, 6.45) is -1.44. The highest BCUT2D eigenvalue weighted by Crippen LogP contribution is 2.07. The lowest BCUT2D eigenvalue weighted by Crippen LogP contribution is -2.22. The Balaban J connectivity index is 3.46. The summed E-state index contributed by atoms with van der Waals surface area (Å²) in [7, 11) is 0. The van der Waals surface area contributed by atoms with Crippen LogP contribution in [0.5, 0.6) is 0 Å². The zero-order chi connectivity index (χ0) is 6.73. The maximum atomic E-state index is 10.5. The van der Waals surface area contributed by atoms with Gasteiger partial charge in [-0.05, 0) is 13.8 Å². The van der Waals surface area contributed by atoms with Gasteiger partial charge in [-0.2, -0.15) is 0 Å². The van der Waals surface area contributed by atoms with Crippen molar-refractivity contribution in [3.63, 3.8) is 0 Å². The summed E-state index contributed by atoms with van der Waals surface area (Å²) in [6, 6.07) is 0. The Bertz CT molecular complexity index is 51.5. The lowest BCUT2D eigenvalue weighted by Gasteiger charge is -2.12. The molecule has 2 radical (unpaired) electrons. The fraction of sp³-hybridized carbons (Fsp3) is 1.00. The van der Waals surface area contributed by atoms with Gasteiger partial charge >= 0.3 is 0 Å². The van der Waals surface area contributed by atoms with Crippen molar-refractivity contribution in [1.82, 2.24) is 0 Å². The zero-order valence-electron chi connectivity index (χ0n) is 5.55. The van der Waals surface area contributed by atoms with Crippen LogP contribution in [0.4, 0.5) is 0 Å². The third kappa shape index (κ3) is 2.28. The molecular formula is C6H12O2. The summed E-state index contributed by atoms with van der Waals surface area (Å²) in [5, 5.41) is 20.9. The Morgan fingerprint density at radius 3 is 1.12 bits per heavy atom. The zero-order valence-corrected chi connectivity index (χ0v) is 5.55. The van der Waals surface area contributed by atoms with Crippen LogP contribution in [0.3, 0.4) is 0 Å². The van der Waals surface area contributed by atoms with Crippen LogP contribution in [-0.4, -0.2) is 12.2 Å². The van der Waals surface area contributed by atoms with Crippen LogP contribution in [0.25, 0.3) is 0 Å². The molecule has 2 heteroatoms. The average molecular weight is 116 g/mol. The van der Waals surface area contributed by atoms with E-state index in [4.69, 9.17) is 0 Å². The fourth-order valence-electron chi connectivity index (χ4n) is 0.382. The quantitative estimate of drug-likeness (QED) is 0.521. The molecule has 0 rings (SSSR count). The van der Waals surface area contributed by atoms with Crippen molar-refractivity contribution in [3.05, 3.63) is 0 Å². The Labute approximate surface area is 50.2 Å². The normalized spacial score (nSPS) is 22.1. The molecule has 0 spiro atoms. The number of hydrogen-bond donors (Lipinski definition) is 0. The second kappa shape index (κ2) is 3.05. The van der Waals surface area contributed by atoms with Crippen molar-refractivity contribution in [2.45, 2.75) is 33.0 Å². The van der Waals surface area contributed by atoms with E-state index < -0.39 is 12.2 Å². The van der Waals surface area contributed by atoms with Gasteiger partial charge in [0.1, 0.15) is 0 Å². The first-order valence-corrected chi connectivity index (χ1v) is 2.87. The van der Waals surface area contributed by atoms with Crippen LogP contribution < -0.4 is 0 Å². The predicted molar refractivity (Wildman–Crippen MR) is 29.5 cm³/mol. The third-order valence-electron chi connectivity index (χ3n) is 1.48. The van der Waals surface area contributed by atoms with E-state index in [0.717, 1.165) is 0 Å². The van der Waals surface area contributed by atoms with E-state index in [1.807, 2.05) is 0 Å².